The Morgan fingerprint density at radius 2 is 1.38 bits per heavy atom. The molecule has 0 aliphatic rings. The number of nitrogens with zero attached hydrogens (tertiary/aromatic N) is 6. The normalized spacial score (nSPS) is 10.4. The van der Waals surface area contributed by atoms with E-state index in [-0.39, 0.29) is 11.1 Å². The van der Waals surface area contributed by atoms with E-state index in [1.54, 1.807) is 38.1 Å². The first kappa shape index (κ1) is 22.3. The van der Waals surface area contributed by atoms with Crippen LogP contribution < -0.4 is 0 Å². The molecular formula is C22H22N6O4. The van der Waals surface area contributed by atoms with Crippen molar-refractivity contribution in [1.82, 2.24) is 29.5 Å². The Morgan fingerprint density at radius 3 is 1.84 bits per heavy atom. The summed E-state index contributed by atoms with van der Waals surface area (Å²) in [4.78, 5) is 30.2. The maximum atomic E-state index is 11.1. The van der Waals surface area contributed by atoms with Gasteiger partial charge in [0.1, 0.15) is 24.3 Å². The zero-order valence-electron chi connectivity index (χ0n) is 18.0. The topological polar surface area (TPSA) is 136 Å². The number of aromatic nitrogens is 6. The van der Waals surface area contributed by atoms with Gasteiger partial charge in [-0.25, -0.2) is 28.9 Å². The lowest BCUT2D eigenvalue weighted by Gasteiger charge is -2.07. The van der Waals surface area contributed by atoms with E-state index in [0.717, 1.165) is 11.1 Å². The van der Waals surface area contributed by atoms with Crippen molar-refractivity contribution in [3.63, 3.8) is 0 Å². The summed E-state index contributed by atoms with van der Waals surface area (Å²) < 4.78 is 2.99. The van der Waals surface area contributed by atoms with E-state index in [9.17, 15) is 9.59 Å². The van der Waals surface area contributed by atoms with E-state index in [1.807, 2.05) is 26.0 Å². The van der Waals surface area contributed by atoms with Crippen molar-refractivity contribution in [2.45, 2.75) is 27.7 Å². The Labute approximate surface area is 183 Å². The minimum absolute atomic E-state index is 0.227. The van der Waals surface area contributed by atoms with Crippen molar-refractivity contribution >= 4 is 11.9 Å². The molecule has 0 amide bonds. The van der Waals surface area contributed by atoms with Crippen LogP contribution in [0.25, 0.3) is 11.4 Å². The average molecular weight is 434 g/mol. The van der Waals surface area contributed by atoms with E-state index >= 15 is 0 Å². The Bertz CT molecular complexity index is 1290. The summed E-state index contributed by atoms with van der Waals surface area (Å²) in [5.74, 6) is -0.663. The van der Waals surface area contributed by atoms with Gasteiger partial charge in [0.25, 0.3) is 0 Å². The van der Waals surface area contributed by atoms with Gasteiger partial charge in [0.05, 0.1) is 22.5 Å². The summed E-state index contributed by atoms with van der Waals surface area (Å²) >= 11 is 0. The zero-order valence-corrected chi connectivity index (χ0v) is 18.0. The standard InChI is InChI=1S/2C11H11N3O2/c1-7-3-4-10(9(5-7)11(15)16)14-6-12-8(2)13-14;1-7-3-4-10(9(5-7)11(15)16)14-8(2)12-6-13-14/h2*3-6H,1-2H3,(H,15,16). The molecule has 0 spiro atoms. The molecule has 0 bridgehead atoms. The molecule has 32 heavy (non-hydrogen) atoms. The number of carbonyl (C=O) groups is 2. The van der Waals surface area contributed by atoms with Crippen LogP contribution in [0.15, 0.2) is 49.1 Å². The van der Waals surface area contributed by atoms with Crippen molar-refractivity contribution in [2.24, 2.45) is 0 Å². The predicted molar refractivity (Wildman–Crippen MR) is 116 cm³/mol. The molecule has 0 atom stereocenters. The van der Waals surface area contributed by atoms with Crippen molar-refractivity contribution in [2.75, 3.05) is 0 Å². The highest BCUT2D eigenvalue weighted by Crippen LogP contribution is 2.17. The van der Waals surface area contributed by atoms with Crippen LogP contribution in [0, 0.1) is 27.7 Å². The van der Waals surface area contributed by atoms with Gasteiger partial charge in [-0.15, -0.1) is 0 Å². The summed E-state index contributed by atoms with van der Waals surface area (Å²) in [7, 11) is 0. The molecule has 2 aromatic carbocycles. The molecule has 0 unspecified atom stereocenters. The van der Waals surface area contributed by atoms with Crippen LogP contribution in [0.4, 0.5) is 0 Å². The Hall–Kier alpha value is -4.34. The van der Waals surface area contributed by atoms with Gasteiger partial charge in [0, 0.05) is 0 Å². The number of aryl methyl sites for hydroxylation is 4. The molecular weight excluding hydrogens is 412 g/mol. The molecule has 0 aliphatic carbocycles. The second-order valence-electron chi connectivity index (χ2n) is 7.11. The molecule has 10 nitrogen and oxygen atoms in total. The highest BCUT2D eigenvalue weighted by molar-refractivity contribution is 5.92. The largest absolute Gasteiger partial charge is 0.478 e. The third-order valence-corrected chi connectivity index (χ3v) is 4.56. The number of carboxylic acids is 2. The second kappa shape index (κ2) is 9.21. The molecule has 0 saturated heterocycles. The van der Waals surface area contributed by atoms with Gasteiger partial charge in [-0.05, 0) is 52.0 Å². The lowest BCUT2D eigenvalue weighted by Crippen LogP contribution is -2.08. The average Bonchev–Trinajstić information content (AvgIpc) is 3.36. The van der Waals surface area contributed by atoms with Crippen LogP contribution in [0.5, 0.6) is 0 Å². The van der Waals surface area contributed by atoms with Gasteiger partial charge >= 0.3 is 11.9 Å². The highest BCUT2D eigenvalue weighted by Gasteiger charge is 2.14. The molecule has 10 heteroatoms. The molecule has 0 saturated carbocycles. The second-order valence-corrected chi connectivity index (χ2v) is 7.11. The summed E-state index contributed by atoms with van der Waals surface area (Å²) in [6, 6.07) is 10.4. The van der Waals surface area contributed by atoms with Crippen LogP contribution in [0.1, 0.15) is 43.5 Å². The number of aromatic carboxylic acids is 2. The molecule has 0 fully saturated rings. The van der Waals surface area contributed by atoms with Gasteiger partial charge in [-0.3, -0.25) is 0 Å². The third-order valence-electron chi connectivity index (χ3n) is 4.56. The molecule has 2 aromatic heterocycles. The number of rotatable bonds is 4. The monoisotopic (exact) mass is 434 g/mol. The lowest BCUT2D eigenvalue weighted by atomic mass is 10.1. The van der Waals surface area contributed by atoms with E-state index in [1.165, 1.54) is 22.0 Å². The van der Waals surface area contributed by atoms with Crippen LogP contribution in [0.2, 0.25) is 0 Å². The molecule has 164 valence electrons. The fraction of sp³-hybridized carbons (Fsp3) is 0.182. The molecule has 2 heterocycles. The first-order valence-corrected chi connectivity index (χ1v) is 9.61. The van der Waals surface area contributed by atoms with E-state index in [4.69, 9.17) is 10.2 Å². The van der Waals surface area contributed by atoms with E-state index in [0.29, 0.717) is 23.0 Å². The first-order valence-electron chi connectivity index (χ1n) is 9.61. The minimum Gasteiger partial charge on any atom is -0.478 e. The smallest absolute Gasteiger partial charge is 0.337 e. The van der Waals surface area contributed by atoms with Crippen LogP contribution >= 0.6 is 0 Å². The Balaban J connectivity index is 0.000000181. The fourth-order valence-electron chi connectivity index (χ4n) is 3.02. The maximum Gasteiger partial charge on any atom is 0.337 e. The maximum absolute atomic E-state index is 11.1. The molecule has 0 aliphatic heterocycles. The SMILES string of the molecule is Cc1ccc(-n2cnc(C)n2)c(C(=O)O)c1.Cc1ccc(-n2ncnc2C)c(C(=O)O)c1. The quantitative estimate of drug-likeness (QED) is 0.500. The van der Waals surface area contributed by atoms with Crippen molar-refractivity contribution < 1.29 is 19.8 Å². The van der Waals surface area contributed by atoms with Gasteiger partial charge in [0.15, 0.2) is 0 Å². The summed E-state index contributed by atoms with van der Waals surface area (Å²) in [5.41, 5.74) is 3.32. The first-order chi connectivity index (χ1) is 15.2. The van der Waals surface area contributed by atoms with Gasteiger partial charge in [0.2, 0.25) is 0 Å². The summed E-state index contributed by atoms with van der Waals surface area (Å²) in [6.45, 7) is 7.23. The lowest BCUT2D eigenvalue weighted by molar-refractivity contribution is 0.0685. The summed E-state index contributed by atoms with van der Waals surface area (Å²) in [5, 5.41) is 26.3. The van der Waals surface area contributed by atoms with Gasteiger partial charge in [-0.1, -0.05) is 23.3 Å². The van der Waals surface area contributed by atoms with E-state index < -0.39 is 11.9 Å². The van der Waals surface area contributed by atoms with Crippen LogP contribution in [-0.2, 0) is 0 Å². The number of hydrogen-bond donors (Lipinski definition) is 2. The van der Waals surface area contributed by atoms with Gasteiger partial charge in [-0.2, -0.15) is 10.2 Å². The van der Waals surface area contributed by atoms with Crippen LogP contribution in [0.3, 0.4) is 0 Å². The third kappa shape index (κ3) is 4.86. The Kier molecular flexibility index (Phi) is 6.43. The van der Waals surface area contributed by atoms with Gasteiger partial charge < -0.3 is 10.2 Å². The van der Waals surface area contributed by atoms with E-state index in [2.05, 4.69) is 20.2 Å². The predicted octanol–water partition coefficient (Wildman–Crippen LogP) is 3.16. The van der Waals surface area contributed by atoms with Crippen LogP contribution in [-0.4, -0.2) is 51.7 Å². The Morgan fingerprint density at radius 1 is 0.812 bits per heavy atom. The number of hydrogen-bond acceptors (Lipinski definition) is 6. The molecule has 4 aromatic rings. The fourth-order valence-corrected chi connectivity index (χ4v) is 3.02. The molecule has 0 radical (unpaired) electrons. The highest BCUT2D eigenvalue weighted by atomic mass is 16.4. The number of benzene rings is 2. The molecule has 4 rings (SSSR count). The van der Waals surface area contributed by atoms with Crippen molar-refractivity contribution in [3.8, 4) is 11.4 Å². The van der Waals surface area contributed by atoms with Crippen molar-refractivity contribution in [3.05, 3.63) is 83.0 Å². The van der Waals surface area contributed by atoms with Crippen molar-refractivity contribution in [1.29, 1.82) is 0 Å². The number of carboxylic acid groups (broad SMARTS) is 2. The minimum atomic E-state index is -0.966. The zero-order chi connectivity index (χ0) is 23.4. The summed E-state index contributed by atoms with van der Waals surface area (Å²) in [6.07, 6.45) is 2.91. The molecule has 2 N–H and O–H groups in total.